The number of nitrogens with zero attached hydrogens (tertiary/aromatic N) is 3. The Hall–Kier alpha value is -2.12. The van der Waals surface area contributed by atoms with E-state index in [1.807, 2.05) is 31.3 Å². The van der Waals surface area contributed by atoms with Crippen LogP contribution >= 0.6 is 0 Å². The molecule has 0 bridgehead atoms. The molecule has 0 aliphatic rings. The van der Waals surface area contributed by atoms with Crippen LogP contribution in [0.1, 0.15) is 30.0 Å². The molecule has 2 rings (SSSR count). The number of aromatic nitrogens is 2. The topological polar surface area (TPSA) is 55.7 Å². The fourth-order valence-corrected chi connectivity index (χ4v) is 2.37. The third kappa shape index (κ3) is 3.06. The van der Waals surface area contributed by atoms with Crippen LogP contribution in [-0.2, 0) is 6.54 Å². The predicted molar refractivity (Wildman–Crippen MR) is 80.1 cm³/mol. The molecule has 2 aromatic rings. The molecule has 0 spiro atoms. The molecule has 1 aromatic heterocycles. The van der Waals surface area contributed by atoms with Gasteiger partial charge in [-0.3, -0.25) is 5.10 Å². The first-order chi connectivity index (χ1) is 9.65. The van der Waals surface area contributed by atoms with Gasteiger partial charge in [-0.05, 0) is 44.6 Å². The van der Waals surface area contributed by atoms with E-state index in [9.17, 15) is 0 Å². The summed E-state index contributed by atoms with van der Waals surface area (Å²) in [7, 11) is 2.11. The van der Waals surface area contributed by atoms with Crippen LogP contribution in [-0.4, -0.2) is 28.7 Å². The van der Waals surface area contributed by atoms with E-state index in [-0.39, 0.29) is 0 Å². The fourth-order valence-electron chi connectivity index (χ4n) is 2.37. The predicted octanol–water partition coefficient (Wildman–Crippen LogP) is 3.10. The van der Waals surface area contributed by atoms with Crippen LogP contribution in [0, 0.1) is 18.3 Å². The van der Waals surface area contributed by atoms with Gasteiger partial charge >= 0.3 is 0 Å². The quantitative estimate of drug-likeness (QED) is 0.906. The van der Waals surface area contributed by atoms with Gasteiger partial charge in [-0.1, -0.05) is 13.0 Å². The zero-order valence-electron chi connectivity index (χ0n) is 12.3. The lowest BCUT2D eigenvalue weighted by molar-refractivity contribution is 0.328. The van der Waals surface area contributed by atoms with Crippen molar-refractivity contribution in [3.8, 4) is 17.3 Å². The smallest absolute Gasteiger partial charge is 0.0991 e. The molecule has 0 unspecified atom stereocenters. The molecule has 1 aromatic carbocycles. The van der Waals surface area contributed by atoms with Gasteiger partial charge in [-0.25, -0.2) is 0 Å². The van der Waals surface area contributed by atoms with Gasteiger partial charge in [0.15, 0.2) is 0 Å². The van der Waals surface area contributed by atoms with E-state index >= 15 is 0 Å². The van der Waals surface area contributed by atoms with E-state index in [0.29, 0.717) is 5.56 Å². The van der Waals surface area contributed by atoms with Crippen molar-refractivity contribution in [2.45, 2.75) is 26.8 Å². The maximum Gasteiger partial charge on any atom is 0.0991 e. The van der Waals surface area contributed by atoms with Gasteiger partial charge in [0.1, 0.15) is 0 Å². The molecule has 0 fully saturated rings. The molecule has 0 atom stereocenters. The number of benzene rings is 1. The molecule has 0 saturated heterocycles. The van der Waals surface area contributed by atoms with Gasteiger partial charge in [0.25, 0.3) is 0 Å². The number of nitrogens with one attached hydrogen (secondary N) is 1. The highest BCUT2D eigenvalue weighted by Gasteiger charge is 2.13. The molecule has 0 saturated carbocycles. The lowest BCUT2D eigenvalue weighted by Gasteiger charge is -2.15. The standard InChI is InChI=1S/C16H20N4/c1-4-7-20(3)11-14-10-18-19-16(14)15-8-13(9-17)6-5-12(15)2/h5-6,8,10H,4,7,11H2,1-3H3,(H,18,19). The summed E-state index contributed by atoms with van der Waals surface area (Å²) < 4.78 is 0. The Morgan fingerprint density at radius 1 is 1.40 bits per heavy atom. The van der Waals surface area contributed by atoms with E-state index in [1.54, 1.807) is 0 Å². The highest BCUT2D eigenvalue weighted by molar-refractivity contribution is 5.68. The van der Waals surface area contributed by atoms with Gasteiger partial charge in [0.2, 0.25) is 0 Å². The average molecular weight is 268 g/mol. The van der Waals surface area contributed by atoms with E-state index < -0.39 is 0 Å². The third-order valence-corrected chi connectivity index (χ3v) is 3.39. The first-order valence-corrected chi connectivity index (χ1v) is 6.88. The van der Waals surface area contributed by atoms with Crippen molar-refractivity contribution >= 4 is 0 Å². The number of aryl methyl sites for hydroxylation is 1. The Kier molecular flexibility index (Phi) is 4.54. The second kappa shape index (κ2) is 6.36. The number of rotatable bonds is 5. The SMILES string of the molecule is CCCN(C)Cc1c[nH]nc1-c1cc(C#N)ccc1C. The van der Waals surface area contributed by atoms with Crippen molar-refractivity contribution in [2.24, 2.45) is 0 Å². The van der Waals surface area contributed by atoms with Crippen molar-refractivity contribution < 1.29 is 0 Å². The number of aromatic amines is 1. The molecule has 0 aliphatic heterocycles. The second-order valence-electron chi connectivity index (χ2n) is 5.14. The van der Waals surface area contributed by atoms with E-state index in [1.165, 1.54) is 5.56 Å². The molecule has 0 radical (unpaired) electrons. The minimum Gasteiger partial charge on any atom is -0.302 e. The van der Waals surface area contributed by atoms with E-state index in [4.69, 9.17) is 5.26 Å². The summed E-state index contributed by atoms with van der Waals surface area (Å²) in [6, 6.07) is 7.92. The molecule has 104 valence electrons. The van der Waals surface area contributed by atoms with Gasteiger partial charge < -0.3 is 4.90 Å². The van der Waals surface area contributed by atoms with Crippen molar-refractivity contribution in [3.05, 3.63) is 41.1 Å². The number of hydrogen-bond acceptors (Lipinski definition) is 3. The summed E-state index contributed by atoms with van der Waals surface area (Å²) in [6.45, 7) is 6.13. The summed E-state index contributed by atoms with van der Waals surface area (Å²) in [4.78, 5) is 2.28. The summed E-state index contributed by atoms with van der Waals surface area (Å²) >= 11 is 0. The molecule has 1 N–H and O–H groups in total. The van der Waals surface area contributed by atoms with Crippen LogP contribution in [0.4, 0.5) is 0 Å². The molecule has 20 heavy (non-hydrogen) atoms. The molecule has 0 amide bonds. The number of hydrogen-bond donors (Lipinski definition) is 1. The number of nitriles is 1. The van der Waals surface area contributed by atoms with Crippen LogP contribution in [0.25, 0.3) is 11.3 Å². The van der Waals surface area contributed by atoms with Crippen molar-refractivity contribution in [3.63, 3.8) is 0 Å². The van der Waals surface area contributed by atoms with Crippen LogP contribution in [0.5, 0.6) is 0 Å². The largest absolute Gasteiger partial charge is 0.302 e. The summed E-state index contributed by atoms with van der Waals surface area (Å²) in [5, 5.41) is 16.4. The zero-order valence-corrected chi connectivity index (χ0v) is 12.3. The van der Waals surface area contributed by atoms with Crippen molar-refractivity contribution in [1.29, 1.82) is 5.26 Å². The summed E-state index contributed by atoms with van der Waals surface area (Å²) in [5.41, 5.74) is 4.95. The van der Waals surface area contributed by atoms with Crippen molar-refractivity contribution in [2.75, 3.05) is 13.6 Å². The van der Waals surface area contributed by atoms with E-state index in [2.05, 4.69) is 35.1 Å². The van der Waals surface area contributed by atoms with Gasteiger partial charge in [0.05, 0.1) is 17.3 Å². The average Bonchev–Trinajstić information content (AvgIpc) is 2.87. The van der Waals surface area contributed by atoms with Gasteiger partial charge in [0, 0.05) is 23.9 Å². The summed E-state index contributed by atoms with van der Waals surface area (Å²) in [5.74, 6) is 0. The van der Waals surface area contributed by atoms with Crippen LogP contribution in [0.15, 0.2) is 24.4 Å². The molecule has 4 heteroatoms. The number of H-pyrrole nitrogens is 1. The Balaban J connectivity index is 2.35. The molecular weight excluding hydrogens is 248 g/mol. The van der Waals surface area contributed by atoms with Crippen LogP contribution < -0.4 is 0 Å². The highest BCUT2D eigenvalue weighted by Crippen LogP contribution is 2.26. The van der Waals surface area contributed by atoms with E-state index in [0.717, 1.165) is 36.3 Å². The fraction of sp³-hybridized carbons (Fsp3) is 0.375. The van der Waals surface area contributed by atoms with Crippen LogP contribution in [0.2, 0.25) is 0 Å². The molecule has 1 heterocycles. The van der Waals surface area contributed by atoms with Gasteiger partial charge in [-0.2, -0.15) is 10.4 Å². The maximum absolute atomic E-state index is 9.05. The van der Waals surface area contributed by atoms with Gasteiger partial charge in [-0.15, -0.1) is 0 Å². The minimum atomic E-state index is 0.668. The monoisotopic (exact) mass is 268 g/mol. The lowest BCUT2D eigenvalue weighted by Crippen LogP contribution is -2.18. The maximum atomic E-state index is 9.05. The molecular formula is C16H20N4. The van der Waals surface area contributed by atoms with Crippen molar-refractivity contribution in [1.82, 2.24) is 15.1 Å². The molecule has 0 aliphatic carbocycles. The third-order valence-electron chi connectivity index (χ3n) is 3.39. The Morgan fingerprint density at radius 3 is 2.90 bits per heavy atom. The minimum absolute atomic E-state index is 0.668. The Bertz CT molecular complexity index is 622. The van der Waals surface area contributed by atoms with Crippen LogP contribution in [0.3, 0.4) is 0 Å². The Labute approximate surface area is 120 Å². The highest BCUT2D eigenvalue weighted by atomic mass is 15.1. The Morgan fingerprint density at radius 2 is 2.20 bits per heavy atom. The molecule has 4 nitrogen and oxygen atoms in total. The normalized spacial score (nSPS) is 10.8. The first kappa shape index (κ1) is 14.3. The lowest BCUT2D eigenvalue weighted by atomic mass is 10.00. The first-order valence-electron chi connectivity index (χ1n) is 6.88. The zero-order chi connectivity index (χ0) is 14.5. The second-order valence-corrected chi connectivity index (χ2v) is 5.14. The summed E-state index contributed by atoms with van der Waals surface area (Å²) in [6.07, 6.45) is 3.08.